The van der Waals surface area contributed by atoms with Gasteiger partial charge in [-0.15, -0.1) is 11.3 Å². The van der Waals surface area contributed by atoms with Crippen LogP contribution in [0.3, 0.4) is 0 Å². The lowest BCUT2D eigenvalue weighted by Gasteiger charge is -2.05. The second-order valence-corrected chi connectivity index (χ2v) is 6.29. The molecule has 5 heteroatoms. The molecule has 20 heavy (non-hydrogen) atoms. The molecule has 0 saturated carbocycles. The number of amides is 2. The van der Waals surface area contributed by atoms with Crippen molar-refractivity contribution in [3.8, 4) is 0 Å². The predicted molar refractivity (Wildman–Crippen MR) is 84.3 cm³/mol. The van der Waals surface area contributed by atoms with Crippen LogP contribution >= 0.6 is 11.3 Å². The summed E-state index contributed by atoms with van der Waals surface area (Å²) < 4.78 is 0. The topological polar surface area (TPSA) is 72.2 Å². The van der Waals surface area contributed by atoms with Gasteiger partial charge in [0.05, 0.1) is 5.56 Å². The summed E-state index contributed by atoms with van der Waals surface area (Å²) in [5, 5.41) is 3.41. The maximum absolute atomic E-state index is 11.9. The average molecular weight is 296 g/mol. The molecule has 0 aliphatic heterocycles. The first kappa shape index (κ1) is 16.7. The molecule has 0 spiro atoms. The standard InChI is InChI=1S/C15H24N2O2S/c1-4-5-6-7-8-9-12(18)17-15-13(14(16)19)10(2)11(3)20-15/h4-9H2,1-3H3,(H2,16,19)(H,17,18). The highest BCUT2D eigenvalue weighted by molar-refractivity contribution is 7.16. The fourth-order valence-corrected chi connectivity index (χ4v) is 3.17. The number of nitrogens with two attached hydrogens (primary N) is 1. The summed E-state index contributed by atoms with van der Waals surface area (Å²) in [6.45, 7) is 5.94. The zero-order valence-corrected chi connectivity index (χ0v) is 13.4. The minimum Gasteiger partial charge on any atom is -0.365 e. The van der Waals surface area contributed by atoms with Crippen LogP contribution in [-0.4, -0.2) is 11.8 Å². The van der Waals surface area contributed by atoms with E-state index in [0.29, 0.717) is 17.0 Å². The number of nitrogens with one attached hydrogen (secondary N) is 1. The Bertz CT molecular complexity index is 480. The Hall–Kier alpha value is -1.36. The van der Waals surface area contributed by atoms with Crippen molar-refractivity contribution in [3.05, 3.63) is 16.0 Å². The molecule has 3 N–H and O–H groups in total. The number of aryl methyl sites for hydroxylation is 1. The van der Waals surface area contributed by atoms with Gasteiger partial charge in [-0.2, -0.15) is 0 Å². The van der Waals surface area contributed by atoms with Crippen LogP contribution in [-0.2, 0) is 4.79 Å². The highest BCUT2D eigenvalue weighted by atomic mass is 32.1. The molecule has 0 aliphatic carbocycles. The second kappa shape index (κ2) is 8.04. The molecule has 0 saturated heterocycles. The summed E-state index contributed by atoms with van der Waals surface area (Å²) in [5.41, 5.74) is 6.69. The Morgan fingerprint density at radius 2 is 1.80 bits per heavy atom. The molecule has 0 atom stereocenters. The summed E-state index contributed by atoms with van der Waals surface area (Å²) in [5.74, 6) is -0.518. The van der Waals surface area contributed by atoms with E-state index in [1.165, 1.54) is 30.6 Å². The van der Waals surface area contributed by atoms with Crippen LogP contribution in [0.15, 0.2) is 0 Å². The maximum atomic E-state index is 11.9. The molecule has 0 bridgehead atoms. The normalized spacial score (nSPS) is 10.6. The number of thiophene rings is 1. The number of hydrogen-bond acceptors (Lipinski definition) is 3. The van der Waals surface area contributed by atoms with Crippen molar-refractivity contribution in [2.45, 2.75) is 59.3 Å². The molecule has 1 aromatic heterocycles. The minimum absolute atomic E-state index is 0.0368. The first-order chi connectivity index (χ1) is 9.47. The molecule has 1 rings (SSSR count). The Kier molecular flexibility index (Phi) is 6.71. The van der Waals surface area contributed by atoms with E-state index in [1.54, 1.807) is 0 Å². The number of hydrogen-bond donors (Lipinski definition) is 2. The molecular weight excluding hydrogens is 272 g/mol. The van der Waals surface area contributed by atoms with E-state index in [-0.39, 0.29) is 5.91 Å². The van der Waals surface area contributed by atoms with Gasteiger partial charge in [0, 0.05) is 11.3 Å². The third-order valence-electron chi connectivity index (χ3n) is 3.39. The molecule has 112 valence electrons. The van der Waals surface area contributed by atoms with Gasteiger partial charge in [-0.25, -0.2) is 0 Å². The molecule has 0 aliphatic rings. The van der Waals surface area contributed by atoms with Crippen LogP contribution < -0.4 is 11.1 Å². The van der Waals surface area contributed by atoms with E-state index in [9.17, 15) is 9.59 Å². The minimum atomic E-state index is -0.481. The predicted octanol–water partition coefficient (Wildman–Crippen LogP) is 3.76. The van der Waals surface area contributed by atoms with Gasteiger partial charge in [0.1, 0.15) is 5.00 Å². The molecule has 0 unspecified atom stereocenters. The number of carbonyl (C=O) groups excluding carboxylic acids is 2. The van der Waals surface area contributed by atoms with Gasteiger partial charge in [-0.1, -0.05) is 32.6 Å². The molecule has 0 aromatic carbocycles. The highest BCUT2D eigenvalue weighted by Gasteiger charge is 2.18. The lowest BCUT2D eigenvalue weighted by Crippen LogP contribution is -2.17. The van der Waals surface area contributed by atoms with E-state index in [4.69, 9.17) is 5.73 Å². The number of anilines is 1. The Balaban J connectivity index is 2.54. The van der Waals surface area contributed by atoms with E-state index >= 15 is 0 Å². The molecule has 1 heterocycles. The van der Waals surface area contributed by atoms with Gasteiger partial charge < -0.3 is 11.1 Å². The van der Waals surface area contributed by atoms with Crippen LogP contribution in [0, 0.1) is 13.8 Å². The van der Waals surface area contributed by atoms with Crippen LogP contribution in [0.2, 0.25) is 0 Å². The van der Waals surface area contributed by atoms with Crippen molar-refractivity contribution in [2.24, 2.45) is 5.73 Å². The van der Waals surface area contributed by atoms with Gasteiger partial charge in [0.25, 0.3) is 5.91 Å². The summed E-state index contributed by atoms with van der Waals surface area (Å²) in [6, 6.07) is 0. The first-order valence-electron chi connectivity index (χ1n) is 7.17. The first-order valence-corrected chi connectivity index (χ1v) is 7.98. The van der Waals surface area contributed by atoms with E-state index in [2.05, 4.69) is 12.2 Å². The van der Waals surface area contributed by atoms with Gasteiger partial charge >= 0.3 is 0 Å². The van der Waals surface area contributed by atoms with Crippen molar-refractivity contribution in [2.75, 3.05) is 5.32 Å². The van der Waals surface area contributed by atoms with Crippen LogP contribution in [0.1, 0.15) is 66.2 Å². The smallest absolute Gasteiger partial charge is 0.251 e. The Morgan fingerprint density at radius 1 is 1.15 bits per heavy atom. The van der Waals surface area contributed by atoms with Gasteiger partial charge in [0.15, 0.2) is 0 Å². The second-order valence-electron chi connectivity index (χ2n) is 5.06. The fraction of sp³-hybridized carbons (Fsp3) is 0.600. The van der Waals surface area contributed by atoms with E-state index in [1.807, 2.05) is 13.8 Å². The number of rotatable bonds is 8. The van der Waals surface area contributed by atoms with Crippen molar-refractivity contribution in [1.82, 2.24) is 0 Å². The van der Waals surface area contributed by atoms with Gasteiger partial charge in [-0.3, -0.25) is 9.59 Å². The molecule has 1 aromatic rings. The quantitative estimate of drug-likeness (QED) is 0.717. The van der Waals surface area contributed by atoms with Crippen molar-refractivity contribution in [1.29, 1.82) is 0 Å². The van der Waals surface area contributed by atoms with E-state index < -0.39 is 5.91 Å². The van der Waals surface area contributed by atoms with Gasteiger partial charge in [-0.05, 0) is 25.8 Å². The largest absolute Gasteiger partial charge is 0.365 e. The van der Waals surface area contributed by atoms with Crippen LogP contribution in [0.4, 0.5) is 5.00 Å². The summed E-state index contributed by atoms with van der Waals surface area (Å²) in [4.78, 5) is 24.3. The van der Waals surface area contributed by atoms with Crippen LogP contribution in [0.25, 0.3) is 0 Å². The molecule has 2 amide bonds. The fourth-order valence-electron chi connectivity index (χ4n) is 2.09. The molecule has 4 nitrogen and oxygen atoms in total. The van der Waals surface area contributed by atoms with Crippen molar-refractivity contribution in [3.63, 3.8) is 0 Å². The lowest BCUT2D eigenvalue weighted by molar-refractivity contribution is -0.116. The molecule has 0 fully saturated rings. The number of unbranched alkanes of at least 4 members (excludes halogenated alkanes) is 4. The van der Waals surface area contributed by atoms with Crippen molar-refractivity contribution < 1.29 is 9.59 Å². The highest BCUT2D eigenvalue weighted by Crippen LogP contribution is 2.32. The summed E-state index contributed by atoms with van der Waals surface area (Å²) >= 11 is 1.41. The Labute approximate surface area is 124 Å². The third kappa shape index (κ3) is 4.63. The zero-order valence-electron chi connectivity index (χ0n) is 12.5. The summed E-state index contributed by atoms with van der Waals surface area (Å²) in [7, 11) is 0. The van der Waals surface area contributed by atoms with Crippen LogP contribution in [0.5, 0.6) is 0 Å². The van der Waals surface area contributed by atoms with E-state index in [0.717, 1.165) is 23.3 Å². The maximum Gasteiger partial charge on any atom is 0.251 e. The number of carbonyl (C=O) groups is 2. The molecule has 0 radical (unpaired) electrons. The van der Waals surface area contributed by atoms with Gasteiger partial charge in [0.2, 0.25) is 5.91 Å². The SMILES string of the molecule is CCCCCCCC(=O)Nc1sc(C)c(C)c1C(N)=O. The Morgan fingerprint density at radius 3 is 2.40 bits per heavy atom. The zero-order chi connectivity index (χ0) is 15.1. The van der Waals surface area contributed by atoms with Crippen molar-refractivity contribution >= 4 is 28.2 Å². The number of primary amides is 1. The molecular formula is C15H24N2O2S. The third-order valence-corrected chi connectivity index (χ3v) is 4.51. The monoisotopic (exact) mass is 296 g/mol. The average Bonchev–Trinajstić information content (AvgIpc) is 2.64. The summed E-state index contributed by atoms with van der Waals surface area (Å²) in [6.07, 6.45) is 6.05. The lowest BCUT2D eigenvalue weighted by atomic mass is 10.1.